The lowest BCUT2D eigenvalue weighted by molar-refractivity contribution is -0.384. The second kappa shape index (κ2) is 8.11. The molecule has 8 heteroatoms. The van der Waals surface area contributed by atoms with Crippen molar-refractivity contribution in [3.8, 4) is 28.7 Å². The number of halogens is 1. The van der Waals surface area contributed by atoms with Crippen LogP contribution in [0.1, 0.15) is 10.8 Å². The van der Waals surface area contributed by atoms with Crippen molar-refractivity contribution in [1.29, 1.82) is 5.26 Å². The van der Waals surface area contributed by atoms with Gasteiger partial charge in [-0.05, 0) is 24.3 Å². The number of furan rings is 1. The van der Waals surface area contributed by atoms with Crippen LogP contribution in [0.2, 0.25) is 0 Å². The molecule has 0 saturated carbocycles. The quantitative estimate of drug-likeness (QED) is 0.219. The predicted molar refractivity (Wildman–Crippen MR) is 112 cm³/mol. The second-order valence-electron chi connectivity index (χ2n) is 6.23. The van der Waals surface area contributed by atoms with E-state index in [4.69, 9.17) is 4.42 Å². The summed E-state index contributed by atoms with van der Waals surface area (Å²) in [6.45, 7) is 0. The van der Waals surface area contributed by atoms with Gasteiger partial charge in [-0.2, -0.15) is 5.26 Å². The number of non-ortho nitro benzene ring substituents is 1. The summed E-state index contributed by atoms with van der Waals surface area (Å²) in [5, 5.41) is 22.7. The zero-order valence-corrected chi connectivity index (χ0v) is 16.1. The van der Waals surface area contributed by atoms with Gasteiger partial charge in [-0.25, -0.2) is 9.37 Å². The summed E-state index contributed by atoms with van der Waals surface area (Å²) >= 11 is 1.25. The van der Waals surface area contributed by atoms with Crippen LogP contribution in [-0.2, 0) is 0 Å². The number of allylic oxidation sites excluding steroid dienone is 1. The molecule has 0 aliphatic rings. The Morgan fingerprint density at radius 3 is 2.73 bits per heavy atom. The molecular weight excluding hydrogens is 405 g/mol. The number of nitro groups is 1. The lowest BCUT2D eigenvalue weighted by Gasteiger charge is -1.97. The lowest BCUT2D eigenvalue weighted by atomic mass is 10.1. The molecule has 0 bridgehead atoms. The highest BCUT2D eigenvalue weighted by atomic mass is 32.1. The average Bonchev–Trinajstić information content (AvgIpc) is 3.42. The van der Waals surface area contributed by atoms with Crippen LogP contribution >= 0.6 is 11.3 Å². The molecule has 0 atom stereocenters. The van der Waals surface area contributed by atoms with E-state index in [1.165, 1.54) is 35.6 Å². The Morgan fingerprint density at radius 2 is 1.97 bits per heavy atom. The van der Waals surface area contributed by atoms with Gasteiger partial charge in [0.2, 0.25) is 0 Å². The molecule has 0 radical (unpaired) electrons. The third-order valence-electron chi connectivity index (χ3n) is 4.23. The van der Waals surface area contributed by atoms with Crippen LogP contribution in [0.25, 0.3) is 34.2 Å². The molecule has 0 aliphatic carbocycles. The SMILES string of the molecule is N#C/C(=C\c1ccc(-c2cccc(F)c2)o1)c1nc(-c2cccc([N+](=O)[O-])c2)cs1. The molecule has 30 heavy (non-hydrogen) atoms. The van der Waals surface area contributed by atoms with Crippen LogP contribution in [-0.4, -0.2) is 9.91 Å². The third-order valence-corrected chi connectivity index (χ3v) is 5.11. The van der Waals surface area contributed by atoms with Crippen molar-refractivity contribution in [2.45, 2.75) is 0 Å². The van der Waals surface area contributed by atoms with E-state index in [0.29, 0.717) is 33.3 Å². The largest absolute Gasteiger partial charge is 0.457 e. The van der Waals surface area contributed by atoms with Gasteiger partial charge < -0.3 is 4.42 Å². The molecule has 2 heterocycles. The fraction of sp³-hybridized carbons (Fsp3) is 0. The molecule has 146 valence electrons. The second-order valence-corrected chi connectivity index (χ2v) is 7.09. The summed E-state index contributed by atoms with van der Waals surface area (Å²) in [5.41, 5.74) is 1.99. The van der Waals surface area contributed by atoms with Gasteiger partial charge >= 0.3 is 0 Å². The smallest absolute Gasteiger partial charge is 0.270 e. The molecule has 2 aromatic heterocycles. The minimum Gasteiger partial charge on any atom is -0.457 e. The Bertz CT molecular complexity index is 1320. The van der Waals surface area contributed by atoms with Crippen molar-refractivity contribution in [3.05, 3.63) is 92.7 Å². The fourth-order valence-corrected chi connectivity index (χ4v) is 3.61. The maximum Gasteiger partial charge on any atom is 0.270 e. The topological polar surface area (TPSA) is 93.0 Å². The number of nitriles is 1. The number of nitro benzene ring substituents is 1. The van der Waals surface area contributed by atoms with E-state index < -0.39 is 4.92 Å². The summed E-state index contributed by atoms with van der Waals surface area (Å²) in [4.78, 5) is 14.9. The normalized spacial score (nSPS) is 11.3. The third kappa shape index (κ3) is 4.01. The number of thiazole rings is 1. The van der Waals surface area contributed by atoms with Crippen molar-refractivity contribution in [1.82, 2.24) is 4.98 Å². The van der Waals surface area contributed by atoms with E-state index in [1.54, 1.807) is 47.9 Å². The average molecular weight is 417 g/mol. The zero-order valence-electron chi connectivity index (χ0n) is 15.3. The molecule has 6 nitrogen and oxygen atoms in total. The van der Waals surface area contributed by atoms with Gasteiger partial charge in [-0.15, -0.1) is 11.3 Å². The van der Waals surface area contributed by atoms with Gasteiger partial charge in [0.1, 0.15) is 28.4 Å². The molecule has 0 aliphatic heterocycles. The zero-order chi connectivity index (χ0) is 21.1. The summed E-state index contributed by atoms with van der Waals surface area (Å²) in [6.07, 6.45) is 1.55. The molecule has 4 rings (SSSR count). The first kappa shape index (κ1) is 19.2. The van der Waals surface area contributed by atoms with Gasteiger partial charge in [0, 0.05) is 34.7 Å². The molecule has 2 aromatic carbocycles. The minimum absolute atomic E-state index is 0.0291. The van der Waals surface area contributed by atoms with Gasteiger partial charge in [-0.3, -0.25) is 10.1 Å². The van der Waals surface area contributed by atoms with E-state index in [1.807, 2.05) is 0 Å². The number of aromatic nitrogens is 1. The standard InChI is InChI=1S/C22H12FN3O3S/c23-17-5-1-4-15(9-17)21-8-7-19(29-21)11-16(12-24)22-25-20(13-30-22)14-3-2-6-18(10-14)26(27)28/h1-11,13H/b16-11+. The summed E-state index contributed by atoms with van der Waals surface area (Å²) < 4.78 is 19.1. The monoisotopic (exact) mass is 417 g/mol. The fourth-order valence-electron chi connectivity index (χ4n) is 2.82. The molecule has 0 unspecified atom stereocenters. The van der Waals surface area contributed by atoms with Crippen LogP contribution < -0.4 is 0 Å². The number of hydrogen-bond acceptors (Lipinski definition) is 6. The molecule has 0 amide bonds. The molecular formula is C22H12FN3O3S. The highest BCUT2D eigenvalue weighted by molar-refractivity contribution is 7.11. The molecule has 0 spiro atoms. The number of hydrogen-bond donors (Lipinski definition) is 0. The van der Waals surface area contributed by atoms with Crippen LogP contribution in [0.4, 0.5) is 10.1 Å². The Kier molecular flexibility index (Phi) is 5.20. The van der Waals surface area contributed by atoms with Crippen LogP contribution in [0.3, 0.4) is 0 Å². The van der Waals surface area contributed by atoms with Crippen molar-refractivity contribution in [2.24, 2.45) is 0 Å². The van der Waals surface area contributed by atoms with Gasteiger partial charge in [0.05, 0.1) is 16.2 Å². The molecule has 0 saturated heterocycles. The molecule has 0 fully saturated rings. The first-order chi connectivity index (χ1) is 14.5. The maximum atomic E-state index is 13.4. The van der Waals surface area contributed by atoms with E-state index in [0.717, 1.165) is 0 Å². The Balaban J connectivity index is 1.63. The van der Waals surface area contributed by atoms with E-state index in [2.05, 4.69) is 11.1 Å². The predicted octanol–water partition coefficient (Wildman–Crippen LogP) is 6.18. The van der Waals surface area contributed by atoms with E-state index in [-0.39, 0.29) is 17.1 Å². The van der Waals surface area contributed by atoms with Gasteiger partial charge in [0.15, 0.2) is 0 Å². The van der Waals surface area contributed by atoms with Gasteiger partial charge in [0.25, 0.3) is 5.69 Å². The summed E-state index contributed by atoms with van der Waals surface area (Å²) in [7, 11) is 0. The lowest BCUT2D eigenvalue weighted by Crippen LogP contribution is -1.88. The first-order valence-electron chi connectivity index (χ1n) is 8.72. The van der Waals surface area contributed by atoms with E-state index in [9.17, 15) is 19.8 Å². The van der Waals surface area contributed by atoms with Crippen molar-refractivity contribution < 1.29 is 13.7 Å². The number of benzene rings is 2. The van der Waals surface area contributed by atoms with Crippen molar-refractivity contribution >= 4 is 28.7 Å². The van der Waals surface area contributed by atoms with Crippen LogP contribution in [0.5, 0.6) is 0 Å². The van der Waals surface area contributed by atoms with Crippen molar-refractivity contribution in [3.63, 3.8) is 0 Å². The van der Waals surface area contributed by atoms with E-state index >= 15 is 0 Å². The highest BCUT2D eigenvalue weighted by Gasteiger charge is 2.13. The van der Waals surface area contributed by atoms with Crippen LogP contribution in [0, 0.1) is 27.3 Å². The van der Waals surface area contributed by atoms with Crippen LogP contribution in [0.15, 0.2) is 70.5 Å². The highest BCUT2D eigenvalue weighted by Crippen LogP contribution is 2.30. The molecule has 0 N–H and O–H groups in total. The number of nitrogens with zero attached hydrogens (tertiary/aromatic N) is 3. The van der Waals surface area contributed by atoms with Gasteiger partial charge in [-0.1, -0.05) is 24.3 Å². The van der Waals surface area contributed by atoms with Crippen molar-refractivity contribution in [2.75, 3.05) is 0 Å². The summed E-state index contributed by atoms with van der Waals surface area (Å²) in [6, 6.07) is 17.7. The minimum atomic E-state index is -0.468. The molecule has 4 aromatic rings. The summed E-state index contributed by atoms with van der Waals surface area (Å²) in [5.74, 6) is 0.544. The Hall–Kier alpha value is -4.09. The first-order valence-corrected chi connectivity index (χ1v) is 9.60. The number of rotatable bonds is 5. The Morgan fingerprint density at radius 1 is 1.17 bits per heavy atom. The maximum absolute atomic E-state index is 13.4. The Labute approximate surface area is 174 Å².